The highest BCUT2D eigenvalue weighted by Gasteiger charge is 2.25. The van der Waals surface area contributed by atoms with Crippen LogP contribution in [0.15, 0.2) is 18.7 Å². The third kappa shape index (κ3) is 4.96. The Morgan fingerprint density at radius 2 is 1.55 bits per heavy atom. The van der Waals surface area contributed by atoms with E-state index in [4.69, 9.17) is 8.85 Å². The molecule has 0 aliphatic carbocycles. The Labute approximate surface area is 128 Å². The van der Waals surface area contributed by atoms with Gasteiger partial charge in [0.1, 0.15) is 11.5 Å². The van der Waals surface area contributed by atoms with Gasteiger partial charge in [0.2, 0.25) is 16.6 Å². The molecule has 0 amide bonds. The van der Waals surface area contributed by atoms with Crippen molar-refractivity contribution >= 4 is 37.4 Å². The Morgan fingerprint density at radius 1 is 1.00 bits per heavy atom. The monoisotopic (exact) mass is 322 g/mol. The molecule has 1 aromatic rings. The third-order valence-corrected chi connectivity index (χ3v) is 5.11. The first kappa shape index (κ1) is 17.3. The average Bonchev–Trinajstić information content (AvgIpc) is 2.27. The van der Waals surface area contributed by atoms with Gasteiger partial charge in [0.15, 0.2) is 0 Å². The molecule has 0 aliphatic rings. The van der Waals surface area contributed by atoms with Crippen molar-refractivity contribution in [2.45, 2.75) is 45.8 Å². The summed E-state index contributed by atoms with van der Waals surface area (Å²) in [6.07, 6.45) is 1.90. The zero-order valence-electron chi connectivity index (χ0n) is 13.8. The molecular weight excluding hydrogens is 296 g/mol. The summed E-state index contributed by atoms with van der Waals surface area (Å²) in [7, 11) is -2.67. The molecule has 2 radical (unpaired) electrons. The van der Waals surface area contributed by atoms with Crippen LogP contribution in [0, 0.1) is 0 Å². The lowest BCUT2D eigenvalue weighted by molar-refractivity contribution is 0.492. The zero-order valence-corrected chi connectivity index (χ0v) is 16.8. The van der Waals surface area contributed by atoms with Gasteiger partial charge in [-0.1, -0.05) is 25.3 Å². The molecule has 0 unspecified atom stereocenters. The zero-order chi connectivity index (χ0) is 15.6. The Morgan fingerprint density at radius 3 is 1.95 bits per heavy atom. The van der Waals surface area contributed by atoms with Crippen molar-refractivity contribution in [1.29, 1.82) is 0 Å². The molecular formula is C15H26O2Si3. The molecule has 5 heteroatoms. The Hall–Kier alpha value is -0.789. The highest BCUT2D eigenvalue weighted by atomic mass is 28.4. The van der Waals surface area contributed by atoms with E-state index in [0.29, 0.717) is 9.52 Å². The van der Waals surface area contributed by atoms with Crippen LogP contribution < -0.4 is 14.0 Å². The van der Waals surface area contributed by atoms with Crippen LogP contribution in [0.4, 0.5) is 0 Å². The van der Waals surface area contributed by atoms with E-state index in [0.717, 1.165) is 17.1 Å². The Balaban J connectivity index is 3.39. The van der Waals surface area contributed by atoms with Crippen LogP contribution >= 0.6 is 0 Å². The second-order valence-corrected chi connectivity index (χ2v) is 16.6. The predicted octanol–water partition coefficient (Wildman–Crippen LogP) is 4.13. The maximum Gasteiger partial charge on any atom is 0.242 e. The summed E-state index contributed by atoms with van der Waals surface area (Å²) in [5, 5.41) is 1.23. The van der Waals surface area contributed by atoms with Gasteiger partial charge in [0.25, 0.3) is 0 Å². The molecule has 0 aromatic heterocycles. The summed E-state index contributed by atoms with van der Waals surface area (Å²) >= 11 is 0. The van der Waals surface area contributed by atoms with Crippen molar-refractivity contribution in [3.8, 4) is 11.5 Å². The van der Waals surface area contributed by atoms with Crippen molar-refractivity contribution in [1.82, 2.24) is 0 Å². The highest BCUT2D eigenvalue weighted by Crippen LogP contribution is 2.31. The maximum absolute atomic E-state index is 6.34. The first-order valence-corrected chi connectivity index (χ1v) is 15.2. The van der Waals surface area contributed by atoms with E-state index in [1.54, 1.807) is 0 Å². The van der Waals surface area contributed by atoms with Crippen LogP contribution in [-0.4, -0.2) is 26.2 Å². The smallest absolute Gasteiger partial charge is 0.242 e. The molecule has 0 bridgehead atoms. The quantitative estimate of drug-likeness (QED) is 0.733. The molecule has 0 saturated carbocycles. The van der Waals surface area contributed by atoms with E-state index < -0.39 is 16.6 Å². The molecule has 1 rings (SSSR count). The third-order valence-electron chi connectivity index (χ3n) is 2.45. The number of hydrogen-bond acceptors (Lipinski definition) is 2. The summed E-state index contributed by atoms with van der Waals surface area (Å²) < 4.78 is 12.6. The topological polar surface area (TPSA) is 18.5 Å². The first-order valence-electron chi connectivity index (χ1n) is 6.92. The second kappa shape index (κ2) is 6.32. The van der Waals surface area contributed by atoms with Gasteiger partial charge in [-0.25, -0.2) is 0 Å². The maximum atomic E-state index is 6.34. The lowest BCUT2D eigenvalue weighted by Crippen LogP contribution is -2.35. The standard InChI is InChI=1S/C15H26O2Si3/c1-9-12-10-11-13(16-19(3,4)5)14(15(12)18-2)17-20(6,7)8/h9-11H,1H2,2-8H3. The average molecular weight is 323 g/mol. The lowest BCUT2D eigenvalue weighted by atomic mass is 10.2. The molecule has 0 aliphatic heterocycles. The van der Waals surface area contributed by atoms with Crippen LogP contribution in [0.3, 0.4) is 0 Å². The van der Waals surface area contributed by atoms with Crippen LogP contribution in [0.5, 0.6) is 11.5 Å². The SMILES string of the molecule is C=Cc1ccc(O[Si](C)(C)C)c(O[Si](C)(C)C)c1[Si]C. The number of hydrogen-bond donors (Lipinski definition) is 0. The van der Waals surface area contributed by atoms with E-state index in [9.17, 15) is 0 Å². The predicted molar refractivity (Wildman–Crippen MR) is 95.7 cm³/mol. The Bertz CT molecular complexity index is 485. The van der Waals surface area contributed by atoms with Gasteiger partial charge < -0.3 is 8.85 Å². The number of benzene rings is 1. The fourth-order valence-corrected chi connectivity index (χ4v) is 4.44. The molecule has 0 fully saturated rings. The highest BCUT2D eigenvalue weighted by molar-refractivity contribution is 6.71. The van der Waals surface area contributed by atoms with Crippen molar-refractivity contribution in [3.63, 3.8) is 0 Å². The number of rotatable bonds is 6. The molecule has 0 atom stereocenters. The minimum absolute atomic E-state index is 0.665. The largest absolute Gasteiger partial charge is 0.542 e. The summed E-state index contributed by atoms with van der Waals surface area (Å²) in [6.45, 7) is 19.3. The normalized spacial score (nSPS) is 12.2. The van der Waals surface area contributed by atoms with Gasteiger partial charge in [-0.15, -0.1) is 0 Å². The van der Waals surface area contributed by atoms with E-state index in [1.807, 2.05) is 12.1 Å². The molecule has 2 nitrogen and oxygen atoms in total. The van der Waals surface area contributed by atoms with Crippen LogP contribution in [0.1, 0.15) is 5.56 Å². The fourth-order valence-electron chi connectivity index (χ4n) is 1.82. The van der Waals surface area contributed by atoms with Gasteiger partial charge in [0, 0.05) is 0 Å². The van der Waals surface area contributed by atoms with Crippen LogP contribution in [0.2, 0.25) is 45.8 Å². The van der Waals surface area contributed by atoms with Crippen molar-refractivity contribution in [3.05, 3.63) is 24.3 Å². The van der Waals surface area contributed by atoms with Crippen LogP contribution in [0.25, 0.3) is 6.08 Å². The summed E-state index contributed by atoms with van der Waals surface area (Å²) in [5.74, 6) is 1.85. The summed E-state index contributed by atoms with van der Waals surface area (Å²) in [6, 6.07) is 4.12. The minimum atomic E-state index is -1.68. The second-order valence-electron chi connectivity index (χ2n) is 6.74. The van der Waals surface area contributed by atoms with Crippen LogP contribution in [-0.2, 0) is 0 Å². The van der Waals surface area contributed by atoms with Crippen molar-refractivity contribution in [2.75, 3.05) is 0 Å². The minimum Gasteiger partial charge on any atom is -0.542 e. The van der Waals surface area contributed by atoms with Gasteiger partial charge >= 0.3 is 0 Å². The van der Waals surface area contributed by atoms with E-state index >= 15 is 0 Å². The molecule has 110 valence electrons. The summed E-state index contributed by atoms with van der Waals surface area (Å²) in [5.41, 5.74) is 1.15. The molecule has 20 heavy (non-hydrogen) atoms. The van der Waals surface area contributed by atoms with Crippen molar-refractivity contribution in [2.24, 2.45) is 0 Å². The molecule has 1 aromatic carbocycles. The van der Waals surface area contributed by atoms with E-state index in [-0.39, 0.29) is 0 Å². The van der Waals surface area contributed by atoms with Gasteiger partial charge in [-0.05, 0) is 56.1 Å². The van der Waals surface area contributed by atoms with Gasteiger partial charge in [0.05, 0.1) is 9.52 Å². The van der Waals surface area contributed by atoms with Crippen molar-refractivity contribution < 1.29 is 8.85 Å². The fraction of sp³-hybridized carbons (Fsp3) is 0.467. The van der Waals surface area contributed by atoms with E-state index in [2.05, 4.69) is 58.5 Å². The molecule has 0 saturated heterocycles. The lowest BCUT2D eigenvalue weighted by Gasteiger charge is -2.28. The van der Waals surface area contributed by atoms with Gasteiger partial charge in [-0.3, -0.25) is 0 Å². The first-order chi connectivity index (χ1) is 9.07. The molecule has 0 spiro atoms. The van der Waals surface area contributed by atoms with Gasteiger partial charge in [-0.2, -0.15) is 0 Å². The molecule has 0 heterocycles. The summed E-state index contributed by atoms with van der Waals surface area (Å²) in [4.78, 5) is 0. The van der Waals surface area contributed by atoms with E-state index in [1.165, 1.54) is 5.19 Å². The Kier molecular flexibility index (Phi) is 5.46. The molecule has 0 N–H and O–H groups in total.